The molecule has 0 aliphatic heterocycles. The Hall–Kier alpha value is -3.55. The molecule has 2 aromatic carbocycles. The number of nitro groups is 1. The number of carbonyl (C=O) groups is 1. The Morgan fingerprint density at radius 3 is 2.64 bits per heavy atom. The first-order valence-electron chi connectivity index (χ1n) is 7.50. The summed E-state index contributed by atoms with van der Waals surface area (Å²) in [6.45, 7) is 0.352. The highest BCUT2D eigenvalue weighted by Crippen LogP contribution is 2.15. The summed E-state index contributed by atoms with van der Waals surface area (Å²) < 4.78 is 1.58. The fourth-order valence-corrected chi connectivity index (χ4v) is 2.42. The second-order valence-corrected chi connectivity index (χ2v) is 5.48. The van der Waals surface area contributed by atoms with Crippen LogP contribution in [-0.4, -0.2) is 37.8 Å². The van der Waals surface area contributed by atoms with Crippen molar-refractivity contribution in [3.8, 4) is 5.69 Å². The quantitative estimate of drug-likeness (QED) is 0.526. The number of aromatic nitrogens is 3. The molecule has 3 rings (SSSR count). The highest BCUT2D eigenvalue weighted by atomic mass is 16.6. The normalized spacial score (nSPS) is 10.4. The molecular formula is C17H15N5O3. The lowest BCUT2D eigenvalue weighted by Crippen LogP contribution is -2.26. The molecule has 8 heteroatoms. The first-order chi connectivity index (χ1) is 12.0. The highest BCUT2D eigenvalue weighted by molar-refractivity contribution is 5.94. The predicted octanol–water partition coefficient (Wildman–Crippen LogP) is 2.45. The van der Waals surface area contributed by atoms with E-state index in [0.29, 0.717) is 12.1 Å². The molecule has 1 aromatic heterocycles. The Balaban J connectivity index is 1.74. The van der Waals surface area contributed by atoms with E-state index in [-0.39, 0.29) is 11.6 Å². The summed E-state index contributed by atoms with van der Waals surface area (Å²) >= 11 is 0. The van der Waals surface area contributed by atoms with E-state index in [1.54, 1.807) is 59.4 Å². The Morgan fingerprint density at radius 1 is 1.24 bits per heavy atom. The van der Waals surface area contributed by atoms with Crippen LogP contribution in [0.15, 0.2) is 60.9 Å². The first-order valence-corrected chi connectivity index (χ1v) is 7.50. The van der Waals surface area contributed by atoms with Gasteiger partial charge in [-0.2, -0.15) is 0 Å². The minimum absolute atomic E-state index is 0.0262. The zero-order valence-electron chi connectivity index (χ0n) is 13.4. The topological polar surface area (TPSA) is 94.2 Å². The maximum absolute atomic E-state index is 12.6. The molecule has 0 radical (unpaired) electrons. The van der Waals surface area contributed by atoms with Crippen LogP contribution in [0.3, 0.4) is 0 Å². The zero-order chi connectivity index (χ0) is 17.8. The van der Waals surface area contributed by atoms with Crippen molar-refractivity contribution in [2.75, 3.05) is 7.05 Å². The molecule has 0 unspecified atom stereocenters. The minimum Gasteiger partial charge on any atom is -0.337 e. The third kappa shape index (κ3) is 3.69. The van der Waals surface area contributed by atoms with Crippen molar-refractivity contribution in [2.45, 2.75) is 6.54 Å². The van der Waals surface area contributed by atoms with E-state index >= 15 is 0 Å². The van der Waals surface area contributed by atoms with Crippen molar-refractivity contribution in [3.63, 3.8) is 0 Å². The summed E-state index contributed by atoms with van der Waals surface area (Å²) in [6.07, 6.45) is 3.26. The number of hydrogen-bond donors (Lipinski definition) is 0. The van der Waals surface area contributed by atoms with Crippen LogP contribution < -0.4 is 0 Å². The molecule has 126 valence electrons. The van der Waals surface area contributed by atoms with Crippen LogP contribution in [0.25, 0.3) is 5.69 Å². The van der Waals surface area contributed by atoms with Gasteiger partial charge < -0.3 is 4.90 Å². The standard InChI is InChI=1S/C17H15N5O3/c1-20(12-13-5-7-15(8-6-13)22(24)25)17(23)14-3-2-4-16(11-14)21-10-9-18-19-21/h2-11H,12H2,1H3. The Labute approximate surface area is 143 Å². The van der Waals surface area contributed by atoms with E-state index < -0.39 is 4.92 Å². The van der Waals surface area contributed by atoms with Gasteiger partial charge in [-0.25, -0.2) is 4.68 Å². The molecule has 3 aromatic rings. The molecule has 0 spiro atoms. The van der Waals surface area contributed by atoms with Crippen LogP contribution in [0, 0.1) is 10.1 Å². The van der Waals surface area contributed by atoms with Crippen LogP contribution in [0.4, 0.5) is 5.69 Å². The van der Waals surface area contributed by atoms with Gasteiger partial charge in [0.05, 0.1) is 23.0 Å². The monoisotopic (exact) mass is 337 g/mol. The molecule has 0 aliphatic rings. The number of carbonyl (C=O) groups excluding carboxylic acids is 1. The van der Waals surface area contributed by atoms with E-state index in [9.17, 15) is 14.9 Å². The fourth-order valence-electron chi connectivity index (χ4n) is 2.42. The SMILES string of the molecule is CN(Cc1ccc([N+](=O)[O-])cc1)C(=O)c1cccc(-n2ccnn2)c1. The smallest absolute Gasteiger partial charge is 0.269 e. The summed E-state index contributed by atoms with van der Waals surface area (Å²) in [7, 11) is 1.69. The third-order valence-corrected chi connectivity index (χ3v) is 3.69. The number of nitro benzene ring substituents is 1. The van der Waals surface area contributed by atoms with Crippen molar-refractivity contribution in [2.24, 2.45) is 0 Å². The average Bonchev–Trinajstić information content (AvgIpc) is 3.16. The van der Waals surface area contributed by atoms with Gasteiger partial charge in [-0.05, 0) is 23.8 Å². The number of rotatable bonds is 5. The molecule has 1 amide bonds. The Morgan fingerprint density at radius 2 is 2.00 bits per heavy atom. The van der Waals surface area contributed by atoms with E-state index in [0.717, 1.165) is 11.3 Å². The van der Waals surface area contributed by atoms with E-state index in [1.807, 2.05) is 6.07 Å². The predicted molar refractivity (Wildman–Crippen MR) is 90.3 cm³/mol. The fraction of sp³-hybridized carbons (Fsp3) is 0.118. The summed E-state index contributed by atoms with van der Waals surface area (Å²) in [5.41, 5.74) is 2.11. The molecule has 0 saturated heterocycles. The van der Waals surface area contributed by atoms with Gasteiger partial charge in [-0.1, -0.05) is 23.4 Å². The summed E-state index contributed by atoms with van der Waals surface area (Å²) in [5.74, 6) is -0.152. The molecular weight excluding hydrogens is 322 g/mol. The summed E-state index contributed by atoms with van der Waals surface area (Å²) in [5, 5.41) is 18.3. The van der Waals surface area contributed by atoms with Gasteiger partial charge in [0.15, 0.2) is 0 Å². The summed E-state index contributed by atoms with van der Waals surface area (Å²) in [6, 6.07) is 13.2. The van der Waals surface area contributed by atoms with Crippen molar-refractivity contribution in [3.05, 3.63) is 82.2 Å². The lowest BCUT2D eigenvalue weighted by Gasteiger charge is -2.17. The van der Waals surface area contributed by atoms with E-state index in [2.05, 4.69) is 10.3 Å². The molecule has 0 aliphatic carbocycles. The van der Waals surface area contributed by atoms with Crippen molar-refractivity contribution in [1.82, 2.24) is 19.9 Å². The first kappa shape index (κ1) is 16.3. The largest absolute Gasteiger partial charge is 0.337 e. The van der Waals surface area contributed by atoms with Crippen LogP contribution in [0.1, 0.15) is 15.9 Å². The molecule has 25 heavy (non-hydrogen) atoms. The van der Waals surface area contributed by atoms with Crippen LogP contribution in [0.5, 0.6) is 0 Å². The second kappa shape index (κ2) is 6.91. The maximum Gasteiger partial charge on any atom is 0.269 e. The van der Waals surface area contributed by atoms with Gasteiger partial charge >= 0.3 is 0 Å². The van der Waals surface area contributed by atoms with E-state index in [1.165, 1.54) is 12.1 Å². The van der Waals surface area contributed by atoms with Crippen LogP contribution in [-0.2, 0) is 6.54 Å². The second-order valence-electron chi connectivity index (χ2n) is 5.48. The summed E-state index contributed by atoms with van der Waals surface area (Å²) in [4.78, 5) is 24.4. The molecule has 0 bridgehead atoms. The molecule has 0 fully saturated rings. The Kier molecular flexibility index (Phi) is 4.51. The van der Waals surface area contributed by atoms with E-state index in [4.69, 9.17) is 0 Å². The van der Waals surface area contributed by atoms with Gasteiger partial charge in [-0.15, -0.1) is 5.10 Å². The molecule has 8 nitrogen and oxygen atoms in total. The minimum atomic E-state index is -0.450. The third-order valence-electron chi connectivity index (χ3n) is 3.69. The Bertz CT molecular complexity index is 891. The van der Waals surface area contributed by atoms with Crippen LogP contribution in [0.2, 0.25) is 0 Å². The van der Waals surface area contributed by atoms with Crippen LogP contribution >= 0.6 is 0 Å². The number of non-ortho nitro benzene ring substituents is 1. The van der Waals surface area contributed by atoms with Gasteiger partial charge in [0, 0.05) is 31.3 Å². The number of hydrogen-bond acceptors (Lipinski definition) is 5. The zero-order valence-corrected chi connectivity index (χ0v) is 13.4. The molecule has 0 N–H and O–H groups in total. The van der Waals surface area contributed by atoms with Gasteiger partial charge in [-0.3, -0.25) is 14.9 Å². The number of benzene rings is 2. The van der Waals surface area contributed by atoms with Gasteiger partial charge in [0.25, 0.3) is 11.6 Å². The van der Waals surface area contributed by atoms with Gasteiger partial charge in [0.2, 0.25) is 0 Å². The average molecular weight is 337 g/mol. The van der Waals surface area contributed by atoms with Gasteiger partial charge in [0.1, 0.15) is 0 Å². The molecule has 1 heterocycles. The lowest BCUT2D eigenvalue weighted by atomic mass is 10.1. The number of amides is 1. The van der Waals surface area contributed by atoms with Crippen molar-refractivity contribution < 1.29 is 9.72 Å². The number of nitrogens with zero attached hydrogens (tertiary/aromatic N) is 5. The lowest BCUT2D eigenvalue weighted by molar-refractivity contribution is -0.384. The maximum atomic E-state index is 12.6. The molecule has 0 saturated carbocycles. The highest BCUT2D eigenvalue weighted by Gasteiger charge is 2.14. The van der Waals surface area contributed by atoms with Crippen molar-refractivity contribution >= 4 is 11.6 Å². The van der Waals surface area contributed by atoms with Crippen molar-refractivity contribution in [1.29, 1.82) is 0 Å². The molecule has 0 atom stereocenters.